The predicted molar refractivity (Wildman–Crippen MR) is 70.3 cm³/mol. The summed E-state index contributed by atoms with van der Waals surface area (Å²) < 4.78 is 5.92. The van der Waals surface area contributed by atoms with Crippen molar-refractivity contribution in [1.82, 2.24) is 0 Å². The van der Waals surface area contributed by atoms with Crippen LogP contribution in [0.15, 0.2) is 60.2 Å². The molecule has 0 aromatic heterocycles. The Morgan fingerprint density at radius 2 is 1.67 bits per heavy atom. The summed E-state index contributed by atoms with van der Waals surface area (Å²) in [6, 6.07) is 17.5. The Bertz CT molecular complexity index is 600. The van der Waals surface area contributed by atoms with E-state index in [0.29, 0.717) is 5.57 Å². The number of rotatable bonds is 2. The minimum absolute atomic E-state index is 0.307. The second-order valence-corrected chi connectivity index (χ2v) is 4.21. The normalized spacial score (nSPS) is 17.3. The van der Waals surface area contributed by atoms with Crippen molar-refractivity contribution in [3.8, 4) is 5.75 Å². The van der Waals surface area contributed by atoms with Crippen LogP contribution in [-0.2, 0) is 4.79 Å². The molecule has 2 aromatic rings. The number of carbonyl (C=O) groups is 1. The Hall–Kier alpha value is -2.35. The number of fused-ring (bicyclic) bond motifs is 1. The highest BCUT2D eigenvalue weighted by Crippen LogP contribution is 2.36. The number of carbonyl (C=O) groups excluding carboxylic acids is 1. The zero-order valence-corrected chi connectivity index (χ0v) is 9.74. The van der Waals surface area contributed by atoms with Gasteiger partial charge >= 0.3 is 0 Å². The van der Waals surface area contributed by atoms with Gasteiger partial charge in [0.1, 0.15) is 12.0 Å². The highest BCUT2D eigenvalue weighted by molar-refractivity contribution is 5.85. The summed E-state index contributed by atoms with van der Waals surface area (Å²) in [7, 11) is 0. The third-order valence-corrected chi connectivity index (χ3v) is 3.03. The molecule has 1 atom stereocenters. The quantitative estimate of drug-likeness (QED) is 0.747. The number of hydrogen-bond acceptors (Lipinski definition) is 2. The van der Waals surface area contributed by atoms with Crippen LogP contribution in [-0.4, -0.2) is 6.29 Å². The zero-order chi connectivity index (χ0) is 12.4. The van der Waals surface area contributed by atoms with E-state index in [0.717, 1.165) is 23.2 Å². The van der Waals surface area contributed by atoms with Gasteiger partial charge in [-0.2, -0.15) is 0 Å². The summed E-state index contributed by atoms with van der Waals surface area (Å²) in [6.45, 7) is 0. The van der Waals surface area contributed by atoms with Gasteiger partial charge in [-0.25, -0.2) is 0 Å². The first-order valence-corrected chi connectivity index (χ1v) is 5.86. The number of hydrogen-bond donors (Lipinski definition) is 0. The van der Waals surface area contributed by atoms with Crippen molar-refractivity contribution in [1.29, 1.82) is 0 Å². The topological polar surface area (TPSA) is 26.3 Å². The molecule has 0 saturated carbocycles. The standard InChI is InChI=1S/C16H12O2/c17-11-14-10-13-8-4-5-9-15(13)18-16(14)12-6-2-1-3-7-12/h1-11,16H. The van der Waals surface area contributed by atoms with Crippen molar-refractivity contribution < 1.29 is 9.53 Å². The molecule has 88 valence electrons. The van der Waals surface area contributed by atoms with Gasteiger partial charge < -0.3 is 4.74 Å². The van der Waals surface area contributed by atoms with E-state index in [-0.39, 0.29) is 6.10 Å². The molecule has 0 amide bonds. The lowest BCUT2D eigenvalue weighted by Crippen LogP contribution is -2.15. The van der Waals surface area contributed by atoms with Crippen molar-refractivity contribution in [2.75, 3.05) is 0 Å². The molecular formula is C16H12O2. The van der Waals surface area contributed by atoms with Crippen LogP contribution in [0.5, 0.6) is 5.75 Å². The molecule has 1 unspecified atom stereocenters. The Labute approximate surface area is 106 Å². The van der Waals surface area contributed by atoms with Crippen LogP contribution >= 0.6 is 0 Å². The average Bonchev–Trinajstić information content (AvgIpc) is 2.46. The SMILES string of the molecule is O=CC1=Cc2ccccc2OC1c1ccccc1. The second-order valence-electron chi connectivity index (χ2n) is 4.21. The molecule has 0 saturated heterocycles. The lowest BCUT2D eigenvalue weighted by Gasteiger charge is -2.25. The first-order chi connectivity index (χ1) is 8.88. The lowest BCUT2D eigenvalue weighted by molar-refractivity contribution is -0.105. The van der Waals surface area contributed by atoms with Crippen LogP contribution in [0.3, 0.4) is 0 Å². The van der Waals surface area contributed by atoms with E-state index < -0.39 is 0 Å². The molecule has 0 radical (unpaired) electrons. The van der Waals surface area contributed by atoms with E-state index in [1.165, 1.54) is 0 Å². The van der Waals surface area contributed by atoms with Crippen LogP contribution in [0.25, 0.3) is 6.08 Å². The Morgan fingerprint density at radius 3 is 2.44 bits per heavy atom. The fourth-order valence-electron chi connectivity index (χ4n) is 2.14. The summed E-state index contributed by atoms with van der Waals surface area (Å²) in [5.74, 6) is 0.817. The fourth-order valence-corrected chi connectivity index (χ4v) is 2.14. The molecule has 1 aliphatic rings. The third-order valence-electron chi connectivity index (χ3n) is 3.03. The van der Waals surface area contributed by atoms with Crippen molar-refractivity contribution in [2.24, 2.45) is 0 Å². The summed E-state index contributed by atoms with van der Waals surface area (Å²) >= 11 is 0. The van der Waals surface area contributed by atoms with Crippen molar-refractivity contribution in [3.05, 3.63) is 71.3 Å². The summed E-state index contributed by atoms with van der Waals surface area (Å²) in [5, 5.41) is 0. The Balaban J connectivity index is 2.07. The second kappa shape index (κ2) is 4.49. The predicted octanol–water partition coefficient (Wildman–Crippen LogP) is 3.40. The van der Waals surface area contributed by atoms with Gasteiger partial charge in [0.15, 0.2) is 6.10 Å². The molecule has 1 heterocycles. The van der Waals surface area contributed by atoms with E-state index in [4.69, 9.17) is 4.74 Å². The number of ether oxygens (including phenoxy) is 1. The van der Waals surface area contributed by atoms with Crippen LogP contribution in [0.2, 0.25) is 0 Å². The number of para-hydroxylation sites is 1. The lowest BCUT2D eigenvalue weighted by atomic mass is 9.97. The van der Waals surface area contributed by atoms with E-state index in [2.05, 4.69) is 0 Å². The van der Waals surface area contributed by atoms with Gasteiger partial charge in [-0.05, 0) is 17.7 Å². The van der Waals surface area contributed by atoms with E-state index in [1.54, 1.807) is 0 Å². The molecule has 0 aliphatic carbocycles. The van der Waals surface area contributed by atoms with Crippen molar-refractivity contribution in [3.63, 3.8) is 0 Å². The largest absolute Gasteiger partial charge is 0.480 e. The highest BCUT2D eigenvalue weighted by Gasteiger charge is 2.23. The van der Waals surface area contributed by atoms with E-state index in [1.807, 2.05) is 60.7 Å². The first kappa shape index (κ1) is 10.8. The van der Waals surface area contributed by atoms with Crippen LogP contribution in [0.4, 0.5) is 0 Å². The smallest absolute Gasteiger partial charge is 0.152 e. The van der Waals surface area contributed by atoms with Gasteiger partial charge in [-0.3, -0.25) is 4.79 Å². The Morgan fingerprint density at radius 1 is 0.944 bits per heavy atom. The molecule has 2 aromatic carbocycles. The minimum Gasteiger partial charge on any atom is -0.480 e. The molecule has 0 bridgehead atoms. The van der Waals surface area contributed by atoms with Gasteiger partial charge in [0.25, 0.3) is 0 Å². The van der Waals surface area contributed by atoms with Crippen molar-refractivity contribution >= 4 is 12.4 Å². The summed E-state index contributed by atoms with van der Waals surface area (Å²) in [5.41, 5.74) is 2.59. The maximum Gasteiger partial charge on any atom is 0.152 e. The maximum absolute atomic E-state index is 11.2. The summed E-state index contributed by atoms with van der Waals surface area (Å²) in [4.78, 5) is 11.2. The van der Waals surface area contributed by atoms with Gasteiger partial charge in [-0.15, -0.1) is 0 Å². The van der Waals surface area contributed by atoms with Crippen LogP contribution in [0.1, 0.15) is 17.2 Å². The molecule has 0 spiro atoms. The molecule has 2 heteroatoms. The van der Waals surface area contributed by atoms with Crippen LogP contribution < -0.4 is 4.74 Å². The minimum atomic E-state index is -0.307. The van der Waals surface area contributed by atoms with Crippen LogP contribution in [0, 0.1) is 0 Å². The molecule has 1 aliphatic heterocycles. The van der Waals surface area contributed by atoms with Gasteiger partial charge in [-0.1, -0.05) is 48.5 Å². The van der Waals surface area contributed by atoms with Gasteiger partial charge in [0, 0.05) is 11.1 Å². The fraction of sp³-hybridized carbons (Fsp3) is 0.0625. The molecule has 3 rings (SSSR count). The number of benzene rings is 2. The Kier molecular flexibility index (Phi) is 2.69. The van der Waals surface area contributed by atoms with Gasteiger partial charge in [0.2, 0.25) is 0 Å². The maximum atomic E-state index is 11.2. The molecule has 18 heavy (non-hydrogen) atoms. The summed E-state index contributed by atoms with van der Waals surface area (Å²) in [6.07, 6.45) is 2.45. The third kappa shape index (κ3) is 1.82. The molecular weight excluding hydrogens is 224 g/mol. The van der Waals surface area contributed by atoms with Crippen molar-refractivity contribution in [2.45, 2.75) is 6.10 Å². The monoisotopic (exact) mass is 236 g/mol. The average molecular weight is 236 g/mol. The van der Waals surface area contributed by atoms with Gasteiger partial charge in [0.05, 0.1) is 0 Å². The number of aldehydes is 1. The van der Waals surface area contributed by atoms with E-state index >= 15 is 0 Å². The molecule has 0 N–H and O–H groups in total. The molecule has 0 fully saturated rings. The van der Waals surface area contributed by atoms with E-state index in [9.17, 15) is 4.79 Å². The molecule has 2 nitrogen and oxygen atoms in total. The zero-order valence-electron chi connectivity index (χ0n) is 9.74. The first-order valence-electron chi connectivity index (χ1n) is 5.86. The highest BCUT2D eigenvalue weighted by atomic mass is 16.5.